The maximum Gasteiger partial charge on any atom is 0.364 e. The molecule has 5 heterocycles. The number of fused-ring (bicyclic) bond motifs is 2. The van der Waals surface area contributed by atoms with Crippen molar-refractivity contribution in [3.8, 4) is 22.9 Å². The van der Waals surface area contributed by atoms with E-state index in [1.54, 1.807) is 55.4 Å². The quantitative estimate of drug-likeness (QED) is 0.107. The monoisotopic (exact) mass is 785 g/mol. The number of anilines is 1. The third kappa shape index (κ3) is 7.94. The number of alkyl halides is 2. The van der Waals surface area contributed by atoms with Crippen LogP contribution in [0.2, 0.25) is 5.02 Å². The molecule has 53 heavy (non-hydrogen) atoms. The molecule has 280 valence electrons. The highest BCUT2D eigenvalue weighted by Crippen LogP contribution is 2.50. The van der Waals surface area contributed by atoms with Crippen molar-refractivity contribution in [1.82, 2.24) is 24.4 Å². The minimum absolute atomic E-state index is 0.0372. The minimum Gasteiger partial charge on any atom is -0.491 e. The molecule has 5 aromatic rings. The van der Waals surface area contributed by atoms with Gasteiger partial charge in [-0.25, -0.2) is 18.7 Å². The van der Waals surface area contributed by atoms with E-state index < -0.39 is 19.6 Å². The molecule has 1 aliphatic heterocycles. The average Bonchev–Trinajstić information content (AvgIpc) is 3.58. The van der Waals surface area contributed by atoms with Crippen molar-refractivity contribution in [2.75, 3.05) is 51.4 Å². The first-order valence-electron chi connectivity index (χ1n) is 17.2. The molecule has 0 radical (unpaired) electrons. The van der Waals surface area contributed by atoms with Crippen molar-refractivity contribution in [1.29, 1.82) is 5.26 Å². The molecular weight excluding hydrogens is 747 g/mol. The van der Waals surface area contributed by atoms with E-state index in [1.165, 1.54) is 22.1 Å². The zero-order valence-corrected chi connectivity index (χ0v) is 32.2. The zero-order valence-electron chi connectivity index (χ0n) is 29.7. The third-order valence-electron chi connectivity index (χ3n) is 9.25. The molecule has 1 fully saturated rings. The van der Waals surface area contributed by atoms with Crippen molar-refractivity contribution < 1.29 is 27.1 Å². The molecule has 1 aliphatic rings. The maximum absolute atomic E-state index is 14.1. The van der Waals surface area contributed by atoms with Crippen LogP contribution in [0.3, 0.4) is 0 Å². The standard InChI is InChI=1S/C36H39ClF2N7O5PS/c1-5-50-52(48,51-6-2)30-21-53-34-25(9-12-41-33(30)34)26-17-23(37)7-8-29(26)49-16-15-46-22(3)43-28-19-42-35(27(18-40)32(28)36(46)47)44(4)24-10-13-45(14-11-24)20-31(38)39/h7-9,12,17,19,21,24,31H,5-6,10-11,13-16,20H2,1-4H3. The summed E-state index contributed by atoms with van der Waals surface area (Å²) >= 11 is 7.83. The Labute approximate surface area is 314 Å². The molecule has 1 saturated heterocycles. The van der Waals surface area contributed by atoms with Crippen molar-refractivity contribution in [3.63, 3.8) is 0 Å². The van der Waals surface area contributed by atoms with Gasteiger partial charge < -0.3 is 18.7 Å². The van der Waals surface area contributed by atoms with E-state index in [4.69, 9.17) is 25.4 Å². The van der Waals surface area contributed by atoms with Crippen LogP contribution in [0.4, 0.5) is 14.6 Å². The molecule has 0 aliphatic carbocycles. The van der Waals surface area contributed by atoms with Gasteiger partial charge in [-0.05, 0) is 57.9 Å². The summed E-state index contributed by atoms with van der Waals surface area (Å²) in [6, 6.07) is 9.21. The molecule has 12 nitrogen and oxygen atoms in total. The van der Waals surface area contributed by atoms with E-state index in [0.717, 1.165) is 10.3 Å². The number of aryl methyl sites for hydroxylation is 1. The second kappa shape index (κ2) is 16.5. The summed E-state index contributed by atoms with van der Waals surface area (Å²) in [5.74, 6) is 1.28. The van der Waals surface area contributed by atoms with Crippen molar-refractivity contribution in [2.45, 2.75) is 52.6 Å². The number of pyridine rings is 2. The van der Waals surface area contributed by atoms with Crippen LogP contribution < -0.4 is 20.5 Å². The normalized spacial score (nSPS) is 14.3. The third-order valence-corrected chi connectivity index (χ3v) is 12.8. The number of thiophene rings is 1. The predicted octanol–water partition coefficient (Wildman–Crippen LogP) is 7.04. The lowest BCUT2D eigenvalue weighted by molar-refractivity contribution is 0.0754. The maximum atomic E-state index is 14.1. The first-order valence-corrected chi connectivity index (χ1v) is 20.0. The summed E-state index contributed by atoms with van der Waals surface area (Å²) in [4.78, 5) is 31.3. The number of ether oxygens (including phenoxy) is 1. The van der Waals surface area contributed by atoms with E-state index in [9.17, 15) is 23.4 Å². The fourth-order valence-electron chi connectivity index (χ4n) is 6.73. The van der Waals surface area contributed by atoms with Gasteiger partial charge in [0.15, 0.2) is 0 Å². The number of likely N-dealkylation sites (tertiary alicyclic amines) is 1. The van der Waals surface area contributed by atoms with E-state index in [1.807, 2.05) is 18.0 Å². The van der Waals surface area contributed by atoms with Crippen LogP contribution in [-0.4, -0.2) is 83.4 Å². The lowest BCUT2D eigenvalue weighted by atomic mass is 10.0. The largest absolute Gasteiger partial charge is 0.491 e. The number of rotatable bonds is 14. The zero-order chi connectivity index (χ0) is 37.9. The number of halogens is 3. The van der Waals surface area contributed by atoms with Gasteiger partial charge in [-0.1, -0.05) is 11.6 Å². The number of aromatic nitrogens is 4. The van der Waals surface area contributed by atoms with Crippen molar-refractivity contribution in [3.05, 3.63) is 68.8 Å². The smallest absolute Gasteiger partial charge is 0.364 e. The van der Waals surface area contributed by atoms with Gasteiger partial charge in [0.2, 0.25) is 0 Å². The van der Waals surface area contributed by atoms with Crippen LogP contribution in [0.1, 0.15) is 38.1 Å². The van der Waals surface area contributed by atoms with Gasteiger partial charge >= 0.3 is 7.60 Å². The number of nitriles is 1. The van der Waals surface area contributed by atoms with Crippen LogP contribution in [0.5, 0.6) is 5.75 Å². The van der Waals surface area contributed by atoms with Gasteiger partial charge in [-0.15, -0.1) is 11.3 Å². The van der Waals surface area contributed by atoms with Crippen molar-refractivity contribution >= 4 is 62.8 Å². The Kier molecular flexibility index (Phi) is 12.1. The van der Waals surface area contributed by atoms with Crippen molar-refractivity contribution in [2.24, 2.45) is 0 Å². The molecule has 6 rings (SSSR count). The van der Waals surface area contributed by atoms with Gasteiger partial charge in [0, 0.05) is 53.9 Å². The number of piperidine rings is 1. The summed E-state index contributed by atoms with van der Waals surface area (Å²) in [6.45, 7) is 6.56. The SMILES string of the molecule is CCOP(=O)(OCC)c1csc2c(-c3cc(Cl)ccc3OCCn3c(C)nc4cnc(N(C)C5CCN(CC(F)F)CC5)c(C#N)c4c3=O)ccnc12. The Morgan fingerprint density at radius 1 is 1.15 bits per heavy atom. The molecule has 0 atom stereocenters. The number of nitrogens with zero attached hydrogens (tertiary/aromatic N) is 7. The Bertz CT molecular complexity index is 2270. The van der Waals surface area contributed by atoms with Crippen LogP contribution >= 0.6 is 30.5 Å². The predicted molar refractivity (Wildman–Crippen MR) is 203 cm³/mol. The average molecular weight is 786 g/mol. The first kappa shape index (κ1) is 38.7. The minimum atomic E-state index is -3.61. The number of hydrogen-bond acceptors (Lipinski definition) is 12. The highest BCUT2D eigenvalue weighted by atomic mass is 35.5. The van der Waals surface area contributed by atoms with E-state index in [2.05, 4.69) is 21.0 Å². The topological polar surface area (TPSA) is 136 Å². The molecule has 0 bridgehead atoms. The highest BCUT2D eigenvalue weighted by molar-refractivity contribution is 7.63. The molecule has 4 aromatic heterocycles. The van der Waals surface area contributed by atoms with E-state index in [-0.39, 0.29) is 49.9 Å². The summed E-state index contributed by atoms with van der Waals surface area (Å²) in [5.41, 5.74) is 1.95. The molecule has 1 aromatic carbocycles. The van der Waals surface area contributed by atoms with Gasteiger partial charge in [-0.3, -0.25) is 23.8 Å². The Hall–Kier alpha value is -4.03. The number of benzene rings is 1. The number of hydrogen-bond donors (Lipinski definition) is 0. The lowest BCUT2D eigenvalue weighted by Gasteiger charge is -2.37. The summed E-state index contributed by atoms with van der Waals surface area (Å²) in [6.07, 6.45) is 1.96. The van der Waals surface area contributed by atoms with Gasteiger partial charge in [0.05, 0.1) is 53.6 Å². The molecule has 0 amide bonds. The Morgan fingerprint density at radius 2 is 1.89 bits per heavy atom. The molecular formula is C36H39ClF2N7O5PS. The summed E-state index contributed by atoms with van der Waals surface area (Å²) < 4.78 is 59.2. The molecule has 17 heteroatoms. The molecule has 0 unspecified atom stereocenters. The van der Waals surface area contributed by atoms with Crippen LogP contribution in [0.15, 0.2) is 46.8 Å². The Balaban J connectivity index is 1.27. The van der Waals surface area contributed by atoms with E-state index >= 15 is 0 Å². The second-order valence-corrected chi connectivity index (χ2v) is 15.8. The lowest BCUT2D eigenvalue weighted by Crippen LogP contribution is -2.45. The fraction of sp³-hybridized carbons (Fsp3) is 0.417. The van der Waals surface area contributed by atoms with E-state index in [0.29, 0.717) is 70.2 Å². The fourth-order valence-corrected chi connectivity index (χ4v) is 10.0. The van der Waals surface area contributed by atoms with Gasteiger partial charge in [0.25, 0.3) is 12.0 Å². The summed E-state index contributed by atoms with van der Waals surface area (Å²) in [5, 5.41) is 13.1. The first-order chi connectivity index (χ1) is 25.5. The second-order valence-electron chi connectivity index (χ2n) is 12.5. The summed E-state index contributed by atoms with van der Waals surface area (Å²) in [7, 11) is -1.80. The van der Waals surface area contributed by atoms with Gasteiger partial charge in [-0.2, -0.15) is 5.26 Å². The highest BCUT2D eigenvalue weighted by Gasteiger charge is 2.32. The molecule has 0 spiro atoms. The van der Waals surface area contributed by atoms with Crippen LogP contribution in [0.25, 0.3) is 32.2 Å². The van der Waals surface area contributed by atoms with Crippen LogP contribution in [-0.2, 0) is 20.2 Å². The van der Waals surface area contributed by atoms with Gasteiger partial charge in [0.1, 0.15) is 40.9 Å². The molecule has 0 saturated carbocycles. The van der Waals surface area contributed by atoms with Crippen LogP contribution in [0, 0.1) is 18.3 Å². The Morgan fingerprint density at radius 3 is 2.57 bits per heavy atom. The molecule has 0 N–H and O–H groups in total.